The Kier molecular flexibility index (Phi) is 3.36. The smallest absolute Gasteiger partial charge is 0.303 e. The van der Waals surface area contributed by atoms with Crippen molar-refractivity contribution in [1.29, 1.82) is 0 Å². The number of nitrogens with zero attached hydrogens (tertiary/aromatic N) is 4. The third kappa shape index (κ3) is 2.37. The molecule has 0 atom stereocenters. The predicted molar refractivity (Wildman–Crippen MR) is 64.6 cm³/mol. The Labute approximate surface area is 104 Å². The molecule has 0 aliphatic heterocycles. The molecular formula is C12H14N4O2. The summed E-state index contributed by atoms with van der Waals surface area (Å²) in [5.74, 6) is -0.115. The first-order chi connectivity index (χ1) is 8.59. The monoisotopic (exact) mass is 246 g/mol. The number of carbonyl (C=O) groups is 1. The normalized spacial score (nSPS) is 10.6. The van der Waals surface area contributed by atoms with Crippen molar-refractivity contribution in [3.05, 3.63) is 35.5 Å². The lowest BCUT2D eigenvalue weighted by Crippen LogP contribution is -2.03. The van der Waals surface area contributed by atoms with Crippen LogP contribution >= 0.6 is 0 Å². The van der Waals surface area contributed by atoms with Crippen LogP contribution in [0.3, 0.4) is 0 Å². The zero-order chi connectivity index (χ0) is 13.1. The van der Waals surface area contributed by atoms with Crippen LogP contribution in [0.1, 0.15) is 23.4 Å². The van der Waals surface area contributed by atoms with E-state index in [1.54, 1.807) is 16.9 Å². The van der Waals surface area contributed by atoms with E-state index < -0.39 is 5.97 Å². The van der Waals surface area contributed by atoms with Gasteiger partial charge < -0.3 is 5.11 Å². The highest BCUT2D eigenvalue weighted by Gasteiger charge is 2.14. The van der Waals surface area contributed by atoms with Crippen molar-refractivity contribution in [2.24, 2.45) is 0 Å². The number of aryl methyl sites for hydroxylation is 1. The second-order valence-corrected chi connectivity index (χ2v) is 4.02. The molecule has 0 spiro atoms. The van der Waals surface area contributed by atoms with Crippen molar-refractivity contribution >= 4 is 5.97 Å². The first-order valence-corrected chi connectivity index (χ1v) is 5.63. The van der Waals surface area contributed by atoms with E-state index in [0.717, 1.165) is 17.0 Å². The summed E-state index contributed by atoms with van der Waals surface area (Å²) >= 11 is 0. The van der Waals surface area contributed by atoms with Crippen LogP contribution < -0.4 is 0 Å². The first-order valence-electron chi connectivity index (χ1n) is 5.63. The number of rotatable bonds is 4. The topological polar surface area (TPSA) is 80.9 Å². The van der Waals surface area contributed by atoms with E-state index in [9.17, 15) is 4.79 Å². The molecule has 2 aromatic heterocycles. The number of carboxylic acids is 1. The molecule has 6 nitrogen and oxygen atoms in total. The highest BCUT2D eigenvalue weighted by Crippen LogP contribution is 2.17. The Morgan fingerprint density at radius 2 is 2.22 bits per heavy atom. The van der Waals surface area contributed by atoms with Crippen LogP contribution in [0.25, 0.3) is 5.82 Å². The number of hydrogen-bond acceptors (Lipinski definition) is 4. The summed E-state index contributed by atoms with van der Waals surface area (Å²) in [5, 5.41) is 13.1. The molecule has 0 saturated carbocycles. The van der Waals surface area contributed by atoms with Gasteiger partial charge in [0.1, 0.15) is 6.33 Å². The van der Waals surface area contributed by atoms with Gasteiger partial charge in [-0.2, -0.15) is 5.10 Å². The highest BCUT2D eigenvalue weighted by molar-refractivity contribution is 5.67. The van der Waals surface area contributed by atoms with E-state index in [4.69, 9.17) is 5.11 Å². The predicted octanol–water partition coefficient (Wildman–Crippen LogP) is 1.30. The molecule has 0 fully saturated rings. The van der Waals surface area contributed by atoms with Crippen molar-refractivity contribution in [2.45, 2.75) is 26.7 Å². The van der Waals surface area contributed by atoms with Crippen molar-refractivity contribution in [1.82, 2.24) is 19.7 Å². The molecule has 0 aromatic carbocycles. The van der Waals surface area contributed by atoms with Gasteiger partial charge in [0, 0.05) is 24.4 Å². The van der Waals surface area contributed by atoms with E-state index in [-0.39, 0.29) is 6.42 Å². The lowest BCUT2D eigenvalue weighted by atomic mass is 10.1. The molecule has 1 N–H and O–H groups in total. The molecule has 0 aliphatic rings. The van der Waals surface area contributed by atoms with Crippen LogP contribution in [0, 0.1) is 13.8 Å². The standard InChI is InChI=1S/C12H14N4O2/c1-8-10(3-4-12(17)18)9(2)16(15-8)11-5-6-13-7-14-11/h5-7H,3-4H2,1-2H3,(H,17,18). The summed E-state index contributed by atoms with van der Waals surface area (Å²) in [7, 11) is 0. The molecule has 2 aromatic rings. The summed E-state index contributed by atoms with van der Waals surface area (Å²) in [4.78, 5) is 18.6. The maximum Gasteiger partial charge on any atom is 0.303 e. The van der Waals surface area contributed by atoms with E-state index in [1.807, 2.05) is 13.8 Å². The molecule has 0 amide bonds. The van der Waals surface area contributed by atoms with Gasteiger partial charge in [0.25, 0.3) is 0 Å². The number of aliphatic carboxylic acids is 1. The third-order valence-electron chi connectivity index (χ3n) is 2.81. The summed E-state index contributed by atoms with van der Waals surface area (Å²) in [6, 6.07) is 1.76. The molecule has 2 rings (SSSR count). The minimum Gasteiger partial charge on any atom is -0.481 e. The maximum absolute atomic E-state index is 10.6. The summed E-state index contributed by atoms with van der Waals surface area (Å²) < 4.78 is 1.72. The maximum atomic E-state index is 10.6. The fourth-order valence-electron chi connectivity index (χ4n) is 1.90. The van der Waals surface area contributed by atoms with Crippen LogP contribution in [0.4, 0.5) is 0 Å². The molecule has 18 heavy (non-hydrogen) atoms. The Balaban J connectivity index is 2.35. The van der Waals surface area contributed by atoms with Gasteiger partial charge in [0.15, 0.2) is 5.82 Å². The number of hydrogen-bond donors (Lipinski definition) is 1. The van der Waals surface area contributed by atoms with Crippen LogP contribution in [-0.4, -0.2) is 30.8 Å². The first kappa shape index (κ1) is 12.2. The van der Waals surface area contributed by atoms with Gasteiger partial charge in [0.05, 0.1) is 5.69 Å². The van der Waals surface area contributed by atoms with Gasteiger partial charge in [-0.05, 0) is 25.8 Å². The van der Waals surface area contributed by atoms with Gasteiger partial charge in [-0.25, -0.2) is 14.6 Å². The lowest BCUT2D eigenvalue weighted by molar-refractivity contribution is -0.136. The molecule has 0 saturated heterocycles. The van der Waals surface area contributed by atoms with Crippen molar-refractivity contribution in [3.63, 3.8) is 0 Å². The molecule has 0 aliphatic carbocycles. The SMILES string of the molecule is Cc1nn(-c2ccncn2)c(C)c1CCC(=O)O. The Morgan fingerprint density at radius 3 is 2.83 bits per heavy atom. The van der Waals surface area contributed by atoms with Crippen LogP contribution in [-0.2, 0) is 11.2 Å². The lowest BCUT2D eigenvalue weighted by Gasteiger charge is -2.03. The van der Waals surface area contributed by atoms with Gasteiger partial charge in [-0.1, -0.05) is 0 Å². The number of carboxylic acid groups (broad SMARTS) is 1. The Morgan fingerprint density at radius 1 is 1.44 bits per heavy atom. The van der Waals surface area contributed by atoms with Crippen LogP contribution in [0.5, 0.6) is 0 Å². The average molecular weight is 246 g/mol. The fraction of sp³-hybridized carbons (Fsp3) is 0.333. The molecule has 6 heteroatoms. The van der Waals surface area contributed by atoms with E-state index in [1.165, 1.54) is 6.33 Å². The van der Waals surface area contributed by atoms with E-state index in [2.05, 4.69) is 15.1 Å². The molecule has 0 radical (unpaired) electrons. The van der Waals surface area contributed by atoms with Gasteiger partial charge in [-0.15, -0.1) is 0 Å². The summed E-state index contributed by atoms with van der Waals surface area (Å²) in [5.41, 5.74) is 2.73. The quantitative estimate of drug-likeness (QED) is 0.879. The largest absolute Gasteiger partial charge is 0.481 e. The summed E-state index contributed by atoms with van der Waals surface area (Å²) in [6.07, 6.45) is 3.70. The van der Waals surface area contributed by atoms with E-state index in [0.29, 0.717) is 12.2 Å². The molecular weight excluding hydrogens is 232 g/mol. The van der Waals surface area contributed by atoms with Gasteiger partial charge in [0.2, 0.25) is 0 Å². The molecule has 0 bridgehead atoms. The van der Waals surface area contributed by atoms with Crippen molar-refractivity contribution < 1.29 is 9.90 Å². The van der Waals surface area contributed by atoms with E-state index >= 15 is 0 Å². The van der Waals surface area contributed by atoms with Gasteiger partial charge >= 0.3 is 5.97 Å². The van der Waals surface area contributed by atoms with Crippen LogP contribution in [0.2, 0.25) is 0 Å². The summed E-state index contributed by atoms with van der Waals surface area (Å²) in [6.45, 7) is 3.79. The average Bonchev–Trinajstić information content (AvgIpc) is 2.63. The second-order valence-electron chi connectivity index (χ2n) is 4.02. The Bertz CT molecular complexity index is 563. The fourth-order valence-corrected chi connectivity index (χ4v) is 1.90. The highest BCUT2D eigenvalue weighted by atomic mass is 16.4. The third-order valence-corrected chi connectivity index (χ3v) is 2.81. The zero-order valence-corrected chi connectivity index (χ0v) is 10.3. The Hall–Kier alpha value is -2.24. The number of aromatic nitrogens is 4. The molecule has 94 valence electrons. The van der Waals surface area contributed by atoms with Crippen LogP contribution in [0.15, 0.2) is 18.6 Å². The molecule has 2 heterocycles. The second kappa shape index (κ2) is 4.95. The van der Waals surface area contributed by atoms with Crippen molar-refractivity contribution in [3.8, 4) is 5.82 Å². The molecule has 0 unspecified atom stereocenters. The minimum atomic E-state index is -0.802. The minimum absolute atomic E-state index is 0.108. The zero-order valence-electron chi connectivity index (χ0n) is 10.3. The van der Waals surface area contributed by atoms with Gasteiger partial charge in [-0.3, -0.25) is 4.79 Å². The van der Waals surface area contributed by atoms with Crippen molar-refractivity contribution in [2.75, 3.05) is 0 Å².